The van der Waals surface area contributed by atoms with Gasteiger partial charge < -0.3 is 10.6 Å². The van der Waals surface area contributed by atoms with Crippen LogP contribution in [0.3, 0.4) is 0 Å². The van der Waals surface area contributed by atoms with E-state index >= 15 is 0 Å². The largest absolute Gasteiger partial charge is 0.372 e. The quantitative estimate of drug-likeness (QED) is 0.773. The number of rotatable bonds is 6. The highest BCUT2D eigenvalue weighted by atomic mass is 35.5. The van der Waals surface area contributed by atoms with Crippen molar-refractivity contribution in [1.82, 2.24) is 4.98 Å². The highest BCUT2D eigenvalue weighted by Gasteiger charge is 2.07. The van der Waals surface area contributed by atoms with Crippen molar-refractivity contribution in [1.29, 1.82) is 0 Å². The Morgan fingerprint density at radius 3 is 2.45 bits per heavy atom. The molecule has 3 nitrogen and oxygen atoms in total. The third-order valence-electron chi connectivity index (χ3n) is 2.94. The van der Waals surface area contributed by atoms with Crippen molar-refractivity contribution < 1.29 is 0 Å². The molecule has 0 aliphatic carbocycles. The van der Waals surface area contributed by atoms with Crippen LogP contribution in [0.25, 0.3) is 0 Å². The summed E-state index contributed by atoms with van der Waals surface area (Å²) in [6, 6.07) is 12.1. The van der Waals surface area contributed by atoms with Gasteiger partial charge in [-0.15, -0.1) is 0 Å². The summed E-state index contributed by atoms with van der Waals surface area (Å²) >= 11 is 12.1. The molecule has 0 atom stereocenters. The molecular formula is C15H17Cl2N3. The van der Waals surface area contributed by atoms with E-state index in [1.54, 1.807) is 13.1 Å². The maximum atomic E-state index is 6.12. The number of nitrogens with one attached hydrogen (secondary N) is 2. The van der Waals surface area contributed by atoms with Crippen LogP contribution in [0, 0.1) is 0 Å². The summed E-state index contributed by atoms with van der Waals surface area (Å²) in [7, 11) is 1.78. The number of aromatic nitrogens is 1. The van der Waals surface area contributed by atoms with E-state index in [-0.39, 0.29) is 0 Å². The van der Waals surface area contributed by atoms with Crippen LogP contribution in [0.5, 0.6) is 0 Å². The van der Waals surface area contributed by atoms with Crippen molar-refractivity contribution in [2.24, 2.45) is 0 Å². The predicted octanol–water partition coefficient (Wildman–Crippen LogP) is 4.47. The Morgan fingerprint density at radius 1 is 1.05 bits per heavy atom. The van der Waals surface area contributed by atoms with Crippen molar-refractivity contribution in [3.63, 3.8) is 0 Å². The van der Waals surface area contributed by atoms with E-state index in [1.807, 2.05) is 6.07 Å². The molecule has 5 heteroatoms. The molecular weight excluding hydrogens is 293 g/mol. The summed E-state index contributed by atoms with van der Waals surface area (Å²) in [5.41, 5.74) is 1.33. The molecule has 0 radical (unpaired) electrons. The van der Waals surface area contributed by atoms with E-state index in [9.17, 15) is 0 Å². The lowest BCUT2D eigenvalue weighted by molar-refractivity contribution is 0.859. The lowest BCUT2D eigenvalue weighted by Gasteiger charge is -2.10. The number of benzene rings is 1. The van der Waals surface area contributed by atoms with Gasteiger partial charge in [0.1, 0.15) is 11.6 Å². The number of anilines is 2. The van der Waals surface area contributed by atoms with Gasteiger partial charge in [-0.1, -0.05) is 53.5 Å². The zero-order chi connectivity index (χ0) is 14.4. The fraction of sp³-hybridized carbons (Fsp3) is 0.267. The van der Waals surface area contributed by atoms with E-state index in [0.717, 1.165) is 19.4 Å². The molecule has 2 aromatic rings. The standard InChI is InChI=1S/C15H17Cl2N3/c1-18-14-12(16)10-13(17)15(20-14)19-9-5-8-11-6-3-2-4-7-11/h2-4,6-7,10H,5,8-9H2,1H3,(H2,18,19,20). The average Bonchev–Trinajstić information content (AvgIpc) is 2.46. The summed E-state index contributed by atoms with van der Waals surface area (Å²) < 4.78 is 0. The number of pyridine rings is 1. The molecule has 0 spiro atoms. The molecule has 0 saturated carbocycles. The van der Waals surface area contributed by atoms with Crippen LogP contribution in [0.2, 0.25) is 10.0 Å². The minimum absolute atomic E-state index is 0.521. The molecule has 0 bridgehead atoms. The number of hydrogen-bond donors (Lipinski definition) is 2. The summed E-state index contributed by atoms with van der Waals surface area (Å²) in [6.45, 7) is 0.812. The summed E-state index contributed by atoms with van der Waals surface area (Å²) in [5.74, 6) is 1.29. The van der Waals surface area contributed by atoms with Gasteiger partial charge in [-0.2, -0.15) is 0 Å². The molecule has 0 amide bonds. The van der Waals surface area contributed by atoms with Gasteiger partial charge in [0.2, 0.25) is 0 Å². The minimum atomic E-state index is 0.521. The Balaban J connectivity index is 1.88. The van der Waals surface area contributed by atoms with E-state index in [1.165, 1.54) is 5.56 Å². The lowest BCUT2D eigenvalue weighted by Crippen LogP contribution is -2.06. The molecule has 20 heavy (non-hydrogen) atoms. The zero-order valence-electron chi connectivity index (χ0n) is 11.3. The molecule has 1 aromatic carbocycles. The van der Waals surface area contributed by atoms with Crippen molar-refractivity contribution in [3.05, 3.63) is 52.0 Å². The number of halogens is 2. The first-order chi connectivity index (χ1) is 9.70. The molecule has 1 aromatic heterocycles. The normalized spacial score (nSPS) is 10.3. The van der Waals surface area contributed by atoms with E-state index in [4.69, 9.17) is 23.2 Å². The second-order valence-corrected chi connectivity index (χ2v) is 5.23. The maximum absolute atomic E-state index is 6.12. The topological polar surface area (TPSA) is 37.0 Å². The first-order valence-electron chi connectivity index (χ1n) is 6.52. The average molecular weight is 310 g/mol. The first-order valence-corrected chi connectivity index (χ1v) is 7.28. The van der Waals surface area contributed by atoms with Gasteiger partial charge in [0.25, 0.3) is 0 Å². The van der Waals surface area contributed by atoms with Crippen molar-refractivity contribution in [2.45, 2.75) is 12.8 Å². The summed E-state index contributed by atoms with van der Waals surface area (Å²) in [5, 5.41) is 7.24. The van der Waals surface area contributed by atoms with Crippen molar-refractivity contribution >= 4 is 34.8 Å². The van der Waals surface area contributed by atoms with Crippen LogP contribution in [-0.4, -0.2) is 18.6 Å². The van der Waals surface area contributed by atoms with Gasteiger partial charge in [0.15, 0.2) is 0 Å². The van der Waals surface area contributed by atoms with Crippen molar-refractivity contribution in [3.8, 4) is 0 Å². The Labute approximate surface area is 129 Å². The second-order valence-electron chi connectivity index (χ2n) is 4.42. The molecule has 0 saturated heterocycles. The van der Waals surface area contributed by atoms with E-state index in [0.29, 0.717) is 21.7 Å². The van der Waals surface area contributed by atoms with Crippen LogP contribution >= 0.6 is 23.2 Å². The summed E-state index contributed by atoms with van der Waals surface area (Å²) in [4.78, 5) is 4.35. The van der Waals surface area contributed by atoms with Crippen LogP contribution in [-0.2, 0) is 6.42 Å². The summed E-state index contributed by atoms with van der Waals surface area (Å²) in [6.07, 6.45) is 2.04. The van der Waals surface area contributed by atoms with Gasteiger partial charge >= 0.3 is 0 Å². The van der Waals surface area contributed by atoms with Gasteiger partial charge in [0, 0.05) is 13.6 Å². The minimum Gasteiger partial charge on any atom is -0.372 e. The monoisotopic (exact) mass is 309 g/mol. The van der Waals surface area contributed by atoms with E-state index < -0.39 is 0 Å². The van der Waals surface area contributed by atoms with Gasteiger partial charge in [-0.3, -0.25) is 0 Å². The van der Waals surface area contributed by atoms with Gasteiger partial charge in [-0.25, -0.2) is 4.98 Å². The lowest BCUT2D eigenvalue weighted by atomic mass is 10.1. The van der Waals surface area contributed by atoms with E-state index in [2.05, 4.69) is 39.9 Å². The molecule has 2 rings (SSSR count). The fourth-order valence-electron chi connectivity index (χ4n) is 1.91. The van der Waals surface area contributed by atoms with Crippen LogP contribution in [0.4, 0.5) is 11.6 Å². The molecule has 0 unspecified atom stereocenters. The third-order valence-corrected chi connectivity index (χ3v) is 3.52. The predicted molar refractivity (Wildman–Crippen MR) is 87.1 cm³/mol. The molecule has 1 heterocycles. The zero-order valence-corrected chi connectivity index (χ0v) is 12.8. The smallest absolute Gasteiger partial charge is 0.147 e. The van der Waals surface area contributed by atoms with Crippen LogP contribution in [0.1, 0.15) is 12.0 Å². The SMILES string of the molecule is CNc1nc(NCCCc2ccccc2)c(Cl)cc1Cl. The van der Waals surface area contributed by atoms with Crippen molar-refractivity contribution in [2.75, 3.05) is 24.2 Å². The maximum Gasteiger partial charge on any atom is 0.147 e. The Morgan fingerprint density at radius 2 is 1.75 bits per heavy atom. The van der Waals surface area contributed by atoms with Crippen LogP contribution < -0.4 is 10.6 Å². The Kier molecular flexibility index (Phi) is 5.50. The van der Waals surface area contributed by atoms with Crippen LogP contribution in [0.15, 0.2) is 36.4 Å². The Bertz CT molecular complexity index is 559. The second kappa shape index (κ2) is 7.36. The molecule has 2 N–H and O–H groups in total. The molecule has 0 aliphatic heterocycles. The number of hydrogen-bond acceptors (Lipinski definition) is 3. The molecule has 106 valence electrons. The molecule has 0 aliphatic rings. The van der Waals surface area contributed by atoms with Gasteiger partial charge in [-0.05, 0) is 24.5 Å². The molecule has 0 fully saturated rings. The number of nitrogens with zero attached hydrogens (tertiary/aromatic N) is 1. The highest BCUT2D eigenvalue weighted by molar-refractivity contribution is 6.37. The number of aryl methyl sites for hydroxylation is 1. The highest BCUT2D eigenvalue weighted by Crippen LogP contribution is 2.28. The van der Waals surface area contributed by atoms with Gasteiger partial charge in [0.05, 0.1) is 10.0 Å². The Hall–Kier alpha value is -1.45. The fourth-order valence-corrected chi connectivity index (χ4v) is 2.43. The third kappa shape index (κ3) is 4.02. The first kappa shape index (κ1) is 14.9.